The number of benzene rings is 1. The van der Waals surface area contributed by atoms with Crippen LogP contribution in [0.4, 0.5) is 0 Å². The SMILES string of the molecule is C[C@H]1CC[C@@H](C(C)(C)c2ccccc2)C[C@H]1OC1=C[C@@H](c2ccco2)[C@H](/C=N/N(C)C)[C@H]1C. The lowest BCUT2D eigenvalue weighted by Gasteiger charge is -2.43. The fourth-order valence-electron chi connectivity index (χ4n) is 5.65. The van der Waals surface area contributed by atoms with Crippen molar-refractivity contribution in [1.82, 2.24) is 5.01 Å². The molecule has 0 N–H and O–H groups in total. The molecule has 0 aliphatic heterocycles. The number of rotatable bonds is 7. The topological polar surface area (TPSA) is 38.0 Å². The van der Waals surface area contributed by atoms with Gasteiger partial charge in [0.25, 0.3) is 0 Å². The van der Waals surface area contributed by atoms with Crippen molar-refractivity contribution in [2.45, 2.75) is 64.4 Å². The minimum atomic E-state index is 0.135. The molecule has 0 unspecified atom stereocenters. The molecule has 0 amide bonds. The minimum absolute atomic E-state index is 0.135. The van der Waals surface area contributed by atoms with E-state index in [1.807, 2.05) is 25.2 Å². The van der Waals surface area contributed by atoms with E-state index in [0.29, 0.717) is 11.8 Å². The molecule has 178 valence electrons. The van der Waals surface area contributed by atoms with Gasteiger partial charge in [0.1, 0.15) is 11.9 Å². The predicted octanol–water partition coefficient (Wildman–Crippen LogP) is 6.86. The Labute approximate surface area is 199 Å². The van der Waals surface area contributed by atoms with Crippen LogP contribution in [0.25, 0.3) is 0 Å². The van der Waals surface area contributed by atoms with Gasteiger partial charge < -0.3 is 14.2 Å². The van der Waals surface area contributed by atoms with Crippen LogP contribution >= 0.6 is 0 Å². The number of nitrogens with zero attached hydrogens (tertiary/aromatic N) is 2. The van der Waals surface area contributed by atoms with E-state index in [1.165, 1.54) is 18.4 Å². The Balaban J connectivity index is 1.53. The van der Waals surface area contributed by atoms with Crippen molar-refractivity contribution in [3.05, 3.63) is 71.9 Å². The van der Waals surface area contributed by atoms with Crippen molar-refractivity contribution in [1.29, 1.82) is 0 Å². The zero-order valence-electron chi connectivity index (χ0n) is 21.1. The second-order valence-corrected chi connectivity index (χ2v) is 10.8. The summed E-state index contributed by atoms with van der Waals surface area (Å²) in [4.78, 5) is 0. The minimum Gasteiger partial charge on any atom is -0.494 e. The third-order valence-corrected chi connectivity index (χ3v) is 8.07. The van der Waals surface area contributed by atoms with Crippen LogP contribution in [0.5, 0.6) is 0 Å². The van der Waals surface area contributed by atoms with Crippen LogP contribution in [0.2, 0.25) is 0 Å². The first-order chi connectivity index (χ1) is 15.8. The van der Waals surface area contributed by atoms with Gasteiger partial charge in [-0.1, -0.05) is 58.0 Å². The molecule has 1 aromatic carbocycles. The van der Waals surface area contributed by atoms with Crippen molar-refractivity contribution in [2.24, 2.45) is 28.8 Å². The van der Waals surface area contributed by atoms with Crippen molar-refractivity contribution < 1.29 is 9.15 Å². The summed E-state index contributed by atoms with van der Waals surface area (Å²) in [6, 6.07) is 15.0. The molecule has 1 fully saturated rings. The molecule has 0 spiro atoms. The molecule has 2 aliphatic rings. The number of allylic oxidation sites excluding steroid dienone is 2. The summed E-state index contributed by atoms with van der Waals surface area (Å²) in [5.74, 6) is 3.88. The molecule has 0 radical (unpaired) electrons. The lowest BCUT2D eigenvalue weighted by Crippen LogP contribution is -2.39. The zero-order valence-corrected chi connectivity index (χ0v) is 21.1. The summed E-state index contributed by atoms with van der Waals surface area (Å²) in [6.07, 6.45) is 9.90. The van der Waals surface area contributed by atoms with Gasteiger partial charge in [0, 0.05) is 38.1 Å². The van der Waals surface area contributed by atoms with Crippen LogP contribution in [0, 0.1) is 23.7 Å². The van der Waals surface area contributed by atoms with Gasteiger partial charge in [-0.15, -0.1) is 0 Å². The van der Waals surface area contributed by atoms with Crippen LogP contribution < -0.4 is 0 Å². The van der Waals surface area contributed by atoms with Gasteiger partial charge in [-0.3, -0.25) is 0 Å². The Hall–Kier alpha value is -2.49. The summed E-state index contributed by atoms with van der Waals surface area (Å²) in [5.41, 5.74) is 1.56. The first kappa shape index (κ1) is 23.7. The summed E-state index contributed by atoms with van der Waals surface area (Å²) in [7, 11) is 3.92. The smallest absolute Gasteiger partial charge is 0.111 e. The quantitative estimate of drug-likeness (QED) is 0.343. The van der Waals surface area contributed by atoms with E-state index in [0.717, 1.165) is 17.9 Å². The second-order valence-electron chi connectivity index (χ2n) is 10.8. The number of hydrogen-bond acceptors (Lipinski definition) is 4. The monoisotopic (exact) mass is 448 g/mol. The molecule has 33 heavy (non-hydrogen) atoms. The Morgan fingerprint density at radius 3 is 2.48 bits per heavy atom. The third-order valence-electron chi connectivity index (χ3n) is 8.07. The van der Waals surface area contributed by atoms with Gasteiger partial charge in [-0.25, -0.2) is 0 Å². The molecule has 0 bridgehead atoms. The van der Waals surface area contributed by atoms with E-state index < -0.39 is 0 Å². The first-order valence-corrected chi connectivity index (χ1v) is 12.5. The van der Waals surface area contributed by atoms with Gasteiger partial charge in [0.2, 0.25) is 0 Å². The fourth-order valence-corrected chi connectivity index (χ4v) is 5.65. The van der Waals surface area contributed by atoms with Crippen LogP contribution in [-0.4, -0.2) is 31.4 Å². The van der Waals surface area contributed by atoms with E-state index in [4.69, 9.17) is 9.15 Å². The Bertz CT molecular complexity index is 945. The molecule has 1 saturated carbocycles. The average Bonchev–Trinajstić information content (AvgIpc) is 3.43. The van der Waals surface area contributed by atoms with Crippen molar-refractivity contribution in [3.63, 3.8) is 0 Å². The van der Waals surface area contributed by atoms with Gasteiger partial charge >= 0.3 is 0 Å². The second kappa shape index (κ2) is 9.79. The molecule has 1 aromatic heterocycles. The number of ether oxygens (including phenoxy) is 1. The molecule has 2 aliphatic carbocycles. The number of hydrogen-bond donors (Lipinski definition) is 0. The fraction of sp³-hybridized carbons (Fsp3) is 0.552. The lowest BCUT2D eigenvalue weighted by atomic mass is 9.65. The largest absolute Gasteiger partial charge is 0.494 e. The first-order valence-electron chi connectivity index (χ1n) is 12.5. The Morgan fingerprint density at radius 1 is 1.06 bits per heavy atom. The van der Waals surface area contributed by atoms with Gasteiger partial charge in [-0.2, -0.15) is 5.10 Å². The molecule has 1 heterocycles. The number of furan rings is 1. The van der Waals surface area contributed by atoms with E-state index in [9.17, 15) is 0 Å². The van der Waals surface area contributed by atoms with Crippen LogP contribution in [0.15, 0.2) is 70.1 Å². The predicted molar refractivity (Wildman–Crippen MR) is 135 cm³/mol. The molecular weight excluding hydrogens is 408 g/mol. The van der Waals surface area contributed by atoms with E-state index in [-0.39, 0.29) is 29.3 Å². The molecule has 0 saturated heterocycles. The van der Waals surface area contributed by atoms with Crippen molar-refractivity contribution >= 4 is 6.21 Å². The Morgan fingerprint density at radius 2 is 1.82 bits per heavy atom. The highest BCUT2D eigenvalue weighted by atomic mass is 16.5. The van der Waals surface area contributed by atoms with E-state index >= 15 is 0 Å². The summed E-state index contributed by atoms with van der Waals surface area (Å²) >= 11 is 0. The molecule has 4 nitrogen and oxygen atoms in total. The maximum Gasteiger partial charge on any atom is 0.111 e. The standard InChI is InChI=1S/C29H40N2O2/c1-20-14-15-23(29(3,4)22-11-8-7-9-12-22)17-27(20)33-28-18-24(26-13-10-16-32-26)25(21(28)2)19-30-31(5)6/h7-13,16,18-21,23-25,27H,14-15,17H2,1-6H3/b30-19+/t20-,21+,23+,24+,25+,27+/m0/s1. The lowest BCUT2D eigenvalue weighted by molar-refractivity contribution is -0.00296. The molecule has 4 heteroatoms. The highest BCUT2D eigenvalue weighted by Crippen LogP contribution is 2.47. The van der Waals surface area contributed by atoms with Crippen LogP contribution in [0.1, 0.15) is 64.2 Å². The summed E-state index contributed by atoms with van der Waals surface area (Å²) in [5, 5.41) is 6.42. The van der Waals surface area contributed by atoms with Gasteiger partial charge in [0.05, 0.1) is 12.0 Å². The van der Waals surface area contributed by atoms with E-state index in [1.54, 1.807) is 6.26 Å². The molecular formula is C29H40N2O2. The normalized spacial score (nSPS) is 30.4. The van der Waals surface area contributed by atoms with Crippen LogP contribution in [-0.2, 0) is 10.2 Å². The third kappa shape index (κ3) is 5.05. The highest BCUT2D eigenvalue weighted by molar-refractivity contribution is 5.65. The summed E-state index contributed by atoms with van der Waals surface area (Å²) in [6.45, 7) is 9.42. The average molecular weight is 449 g/mol. The maximum absolute atomic E-state index is 6.85. The molecule has 2 aromatic rings. The number of hydrazone groups is 1. The zero-order chi connectivity index (χ0) is 23.6. The maximum atomic E-state index is 6.85. The molecule has 6 atom stereocenters. The van der Waals surface area contributed by atoms with Crippen LogP contribution in [0.3, 0.4) is 0 Å². The Kier molecular flexibility index (Phi) is 7.02. The van der Waals surface area contributed by atoms with Gasteiger partial charge in [0.15, 0.2) is 0 Å². The molecule has 4 rings (SSSR count). The van der Waals surface area contributed by atoms with Crippen molar-refractivity contribution in [3.8, 4) is 0 Å². The highest BCUT2D eigenvalue weighted by Gasteiger charge is 2.42. The summed E-state index contributed by atoms with van der Waals surface area (Å²) < 4.78 is 12.6. The van der Waals surface area contributed by atoms with Gasteiger partial charge in [-0.05, 0) is 60.3 Å². The van der Waals surface area contributed by atoms with Crippen molar-refractivity contribution in [2.75, 3.05) is 14.1 Å². The van der Waals surface area contributed by atoms with E-state index in [2.05, 4.69) is 81.5 Å².